The molecular weight excluding hydrogens is 224 g/mol. The van der Waals surface area contributed by atoms with Crippen LogP contribution in [0.2, 0.25) is 0 Å². The number of rotatable bonds is 2. The predicted octanol–water partition coefficient (Wildman–Crippen LogP) is 3.99. The van der Waals surface area contributed by atoms with E-state index in [-0.39, 0.29) is 5.79 Å². The molecule has 1 heterocycles. The summed E-state index contributed by atoms with van der Waals surface area (Å²) < 4.78 is 11.8. The van der Waals surface area contributed by atoms with Gasteiger partial charge < -0.3 is 9.47 Å². The van der Waals surface area contributed by atoms with Gasteiger partial charge >= 0.3 is 0 Å². The van der Waals surface area contributed by atoms with Gasteiger partial charge in [0.2, 0.25) is 0 Å². The van der Waals surface area contributed by atoms with Crippen molar-refractivity contribution in [3.05, 3.63) is 0 Å². The summed E-state index contributed by atoms with van der Waals surface area (Å²) >= 11 is 0. The molecule has 0 unspecified atom stereocenters. The van der Waals surface area contributed by atoms with Crippen LogP contribution >= 0.6 is 0 Å². The van der Waals surface area contributed by atoms with E-state index < -0.39 is 0 Å². The Kier molecular flexibility index (Phi) is 3.22. The lowest BCUT2D eigenvalue weighted by Gasteiger charge is -2.42. The zero-order chi connectivity index (χ0) is 12.8. The Balaban J connectivity index is 1.58. The third-order valence-electron chi connectivity index (χ3n) is 5.48. The van der Waals surface area contributed by atoms with Crippen LogP contribution in [0.3, 0.4) is 0 Å². The normalized spacial score (nSPS) is 38.2. The molecule has 0 bridgehead atoms. The minimum absolute atomic E-state index is 0.353. The minimum atomic E-state index is -0.353. The average molecular weight is 252 g/mol. The molecule has 2 nitrogen and oxygen atoms in total. The summed E-state index contributed by atoms with van der Waals surface area (Å²) in [5.74, 6) is 2.60. The summed E-state index contributed by atoms with van der Waals surface area (Å²) in [5, 5.41) is 0. The first kappa shape index (κ1) is 12.9. The van der Waals surface area contributed by atoms with Crippen molar-refractivity contribution >= 4 is 0 Å². The fourth-order valence-corrected chi connectivity index (χ4v) is 4.65. The Labute approximate surface area is 111 Å². The lowest BCUT2D eigenvalue weighted by atomic mass is 9.83. The summed E-state index contributed by atoms with van der Waals surface area (Å²) in [6, 6.07) is 0. The maximum absolute atomic E-state index is 5.92. The molecule has 18 heavy (non-hydrogen) atoms. The summed E-state index contributed by atoms with van der Waals surface area (Å²) in [6.07, 6.45) is 8.46. The van der Waals surface area contributed by atoms with Gasteiger partial charge in [0, 0.05) is 5.41 Å². The van der Waals surface area contributed by atoms with E-state index in [1.165, 1.54) is 38.5 Å². The molecule has 3 fully saturated rings. The van der Waals surface area contributed by atoms with Crippen molar-refractivity contribution in [2.45, 2.75) is 65.1 Å². The number of hydrogen-bond acceptors (Lipinski definition) is 2. The molecule has 1 aliphatic heterocycles. The molecule has 2 heteroatoms. The zero-order valence-electron chi connectivity index (χ0n) is 12.2. The molecule has 104 valence electrons. The van der Waals surface area contributed by atoms with Gasteiger partial charge in [-0.05, 0) is 57.3 Å². The smallest absolute Gasteiger partial charge is 0.162 e. The number of fused-ring (bicyclic) bond motifs is 1. The second kappa shape index (κ2) is 4.49. The largest absolute Gasteiger partial charge is 0.350 e. The van der Waals surface area contributed by atoms with Crippen molar-refractivity contribution < 1.29 is 9.47 Å². The van der Waals surface area contributed by atoms with Crippen LogP contribution < -0.4 is 0 Å². The Morgan fingerprint density at radius 2 is 1.56 bits per heavy atom. The van der Waals surface area contributed by atoms with Crippen molar-refractivity contribution in [2.24, 2.45) is 23.2 Å². The zero-order valence-corrected chi connectivity index (χ0v) is 12.2. The minimum Gasteiger partial charge on any atom is -0.350 e. The van der Waals surface area contributed by atoms with Crippen LogP contribution in [0.4, 0.5) is 0 Å². The molecule has 0 amide bonds. The van der Waals surface area contributed by atoms with E-state index in [1.807, 2.05) is 13.8 Å². The molecule has 0 radical (unpaired) electrons. The van der Waals surface area contributed by atoms with E-state index >= 15 is 0 Å². The fraction of sp³-hybridized carbons (Fsp3) is 1.00. The molecule has 0 aromatic rings. The number of hydrogen-bond donors (Lipinski definition) is 0. The first-order valence-corrected chi connectivity index (χ1v) is 7.80. The van der Waals surface area contributed by atoms with Crippen LogP contribution in [-0.2, 0) is 9.47 Å². The summed E-state index contributed by atoms with van der Waals surface area (Å²) in [5.41, 5.74) is 0.363. The van der Waals surface area contributed by atoms with Gasteiger partial charge in [-0.2, -0.15) is 0 Å². The molecule has 1 spiro atoms. The maximum Gasteiger partial charge on any atom is 0.162 e. The average Bonchev–Trinajstić information content (AvgIpc) is 2.79. The quantitative estimate of drug-likeness (QED) is 0.739. The lowest BCUT2D eigenvalue weighted by Crippen LogP contribution is -2.45. The van der Waals surface area contributed by atoms with Gasteiger partial charge in [0.1, 0.15) is 0 Å². The molecule has 0 aromatic heterocycles. The molecule has 0 aromatic carbocycles. The lowest BCUT2D eigenvalue weighted by molar-refractivity contribution is -0.285. The van der Waals surface area contributed by atoms with E-state index in [1.54, 1.807) is 0 Å². The third kappa shape index (κ3) is 2.34. The molecule has 1 saturated heterocycles. The van der Waals surface area contributed by atoms with Crippen LogP contribution in [0.5, 0.6) is 0 Å². The van der Waals surface area contributed by atoms with Crippen LogP contribution in [0.25, 0.3) is 0 Å². The molecule has 2 saturated carbocycles. The predicted molar refractivity (Wildman–Crippen MR) is 72.3 cm³/mol. The highest BCUT2D eigenvalue weighted by molar-refractivity contribution is 5.00. The first-order valence-electron chi connectivity index (χ1n) is 7.80. The van der Waals surface area contributed by atoms with Gasteiger partial charge in [0.15, 0.2) is 5.79 Å². The first-order chi connectivity index (χ1) is 8.52. The summed E-state index contributed by atoms with van der Waals surface area (Å²) in [7, 11) is 0. The fourth-order valence-electron chi connectivity index (χ4n) is 4.65. The van der Waals surface area contributed by atoms with Crippen molar-refractivity contribution in [3.8, 4) is 0 Å². The van der Waals surface area contributed by atoms with E-state index in [0.29, 0.717) is 5.41 Å². The van der Waals surface area contributed by atoms with E-state index in [0.717, 1.165) is 31.0 Å². The van der Waals surface area contributed by atoms with Crippen molar-refractivity contribution in [3.63, 3.8) is 0 Å². The van der Waals surface area contributed by atoms with E-state index in [9.17, 15) is 0 Å². The van der Waals surface area contributed by atoms with Crippen LogP contribution in [-0.4, -0.2) is 19.0 Å². The van der Waals surface area contributed by atoms with Gasteiger partial charge in [-0.25, -0.2) is 0 Å². The second-order valence-electron chi connectivity index (χ2n) is 7.53. The van der Waals surface area contributed by atoms with Crippen LogP contribution in [0, 0.1) is 23.2 Å². The standard InChI is InChI=1S/C16H28O2/c1-4-5-12-6-13-8-16(9-14(13)7-12)10-17-15(2,3)18-11-16/h12-14H,4-11H2,1-3H3/t13-,14-/m0/s1. The van der Waals surface area contributed by atoms with Crippen LogP contribution in [0.1, 0.15) is 59.3 Å². The molecule has 2 atom stereocenters. The van der Waals surface area contributed by atoms with Gasteiger partial charge in [0.05, 0.1) is 13.2 Å². The van der Waals surface area contributed by atoms with Crippen molar-refractivity contribution in [1.82, 2.24) is 0 Å². The highest BCUT2D eigenvalue weighted by Crippen LogP contribution is 2.56. The van der Waals surface area contributed by atoms with Gasteiger partial charge in [0.25, 0.3) is 0 Å². The second-order valence-corrected chi connectivity index (χ2v) is 7.53. The highest BCUT2D eigenvalue weighted by atomic mass is 16.7. The molecule has 3 rings (SSSR count). The van der Waals surface area contributed by atoms with E-state index in [4.69, 9.17) is 9.47 Å². The molecular formula is C16H28O2. The van der Waals surface area contributed by atoms with Gasteiger partial charge in [-0.3, -0.25) is 0 Å². The van der Waals surface area contributed by atoms with Crippen molar-refractivity contribution in [2.75, 3.05) is 13.2 Å². The Bertz CT molecular complexity index is 284. The topological polar surface area (TPSA) is 18.5 Å². The molecule has 3 aliphatic rings. The number of ether oxygens (including phenoxy) is 2. The monoisotopic (exact) mass is 252 g/mol. The van der Waals surface area contributed by atoms with Gasteiger partial charge in [-0.1, -0.05) is 19.8 Å². The SMILES string of the molecule is CCCC1C[C@H]2CC3(COC(C)(C)OC3)C[C@@H]2C1. The Morgan fingerprint density at radius 3 is 2.06 bits per heavy atom. The Morgan fingerprint density at radius 1 is 1.00 bits per heavy atom. The maximum atomic E-state index is 5.92. The molecule has 0 N–H and O–H groups in total. The summed E-state index contributed by atoms with van der Waals surface area (Å²) in [4.78, 5) is 0. The molecule has 2 aliphatic carbocycles. The highest BCUT2D eigenvalue weighted by Gasteiger charge is 2.52. The third-order valence-corrected chi connectivity index (χ3v) is 5.48. The van der Waals surface area contributed by atoms with E-state index in [2.05, 4.69) is 6.92 Å². The van der Waals surface area contributed by atoms with Crippen molar-refractivity contribution in [1.29, 1.82) is 0 Å². The van der Waals surface area contributed by atoms with Crippen LogP contribution in [0.15, 0.2) is 0 Å². The van der Waals surface area contributed by atoms with Gasteiger partial charge in [-0.15, -0.1) is 0 Å². The Hall–Kier alpha value is -0.0800. The summed E-state index contributed by atoms with van der Waals surface area (Å²) in [6.45, 7) is 8.23.